The number of halogens is 1. The van der Waals surface area contributed by atoms with Crippen molar-refractivity contribution in [2.24, 2.45) is 0 Å². The van der Waals surface area contributed by atoms with Crippen molar-refractivity contribution < 1.29 is 9.00 Å². The van der Waals surface area contributed by atoms with E-state index in [9.17, 15) is 9.00 Å². The fourth-order valence-corrected chi connectivity index (χ4v) is 6.60. The summed E-state index contributed by atoms with van der Waals surface area (Å²) in [5, 5.41) is 0. The second kappa shape index (κ2) is 8.04. The summed E-state index contributed by atoms with van der Waals surface area (Å²) < 4.78 is 13.9. The molecule has 2 aromatic carbocycles. The van der Waals surface area contributed by atoms with Crippen LogP contribution in [0.25, 0.3) is 0 Å². The van der Waals surface area contributed by atoms with Gasteiger partial charge in [-0.25, -0.2) is 0 Å². The Morgan fingerprint density at radius 3 is 2.33 bits per heavy atom. The average molecular weight is 430 g/mol. The Kier molecular flexibility index (Phi) is 6.37. The van der Waals surface area contributed by atoms with Gasteiger partial charge in [0.15, 0.2) is 0 Å². The summed E-state index contributed by atoms with van der Waals surface area (Å²) in [6.07, 6.45) is 0. The first kappa shape index (κ1) is 16.6. The number of rotatable bonds is 6. The van der Waals surface area contributed by atoms with Gasteiger partial charge < -0.3 is 0 Å². The third-order valence-electron chi connectivity index (χ3n) is 2.85. The van der Waals surface area contributed by atoms with Crippen LogP contribution in [0.4, 0.5) is 0 Å². The monoisotopic (exact) mass is 430 g/mol. The van der Waals surface area contributed by atoms with E-state index in [1.54, 1.807) is 12.1 Å². The zero-order valence-electron chi connectivity index (χ0n) is 11.5. The average Bonchev–Trinajstić information content (AvgIpc) is 2.53. The fourth-order valence-electron chi connectivity index (χ4n) is 1.75. The van der Waals surface area contributed by atoms with E-state index in [4.69, 9.17) is 0 Å². The number of hydrogen-bond donors (Lipinski definition) is 0. The summed E-state index contributed by atoms with van der Waals surface area (Å²) in [5.74, 6) is 0.480. The predicted octanol–water partition coefficient (Wildman–Crippen LogP) is 2.76. The van der Waals surface area contributed by atoms with E-state index < -0.39 is 14.9 Å². The van der Waals surface area contributed by atoms with Crippen molar-refractivity contribution in [3.05, 3.63) is 64.6 Å². The molecular weight excluding hydrogens is 415 g/mol. The second-order valence-corrected chi connectivity index (χ2v) is 10.2. The van der Waals surface area contributed by atoms with Crippen LogP contribution in [-0.2, 0) is 10.8 Å². The Morgan fingerprint density at radius 2 is 1.76 bits per heavy atom. The number of carbonyl (C=O) groups is 1. The minimum atomic E-state index is -1.13. The molecule has 110 valence electrons. The van der Waals surface area contributed by atoms with E-state index >= 15 is 0 Å². The van der Waals surface area contributed by atoms with Gasteiger partial charge >= 0.3 is 142 Å². The van der Waals surface area contributed by atoms with Crippen molar-refractivity contribution in [2.75, 3.05) is 5.75 Å². The molecule has 2 aromatic rings. The van der Waals surface area contributed by atoms with Gasteiger partial charge in [-0.05, 0) is 0 Å². The summed E-state index contributed by atoms with van der Waals surface area (Å²) in [7, 11) is -1.13. The number of Topliss-reactive ketones (excluding diaryl/α,β-unsaturated/α-hetero) is 1. The van der Waals surface area contributed by atoms with Crippen molar-refractivity contribution in [1.29, 1.82) is 0 Å². The predicted molar refractivity (Wildman–Crippen MR) is 92.8 cm³/mol. The minimum absolute atomic E-state index is 0.0217. The second-order valence-electron chi connectivity index (χ2n) is 4.30. The Balaban J connectivity index is 2.25. The normalized spacial score (nSPS) is 13.6. The SMILES string of the molecule is CC[S@@](=O)[C@@H]([Se]c1ccccc1)C(=O)c1ccc(Br)cc1. The van der Waals surface area contributed by atoms with Crippen molar-refractivity contribution in [3.63, 3.8) is 0 Å². The van der Waals surface area contributed by atoms with Gasteiger partial charge in [0, 0.05) is 0 Å². The molecule has 0 aromatic heterocycles. The molecule has 21 heavy (non-hydrogen) atoms. The van der Waals surface area contributed by atoms with Crippen LogP contribution in [0.2, 0.25) is 0 Å². The van der Waals surface area contributed by atoms with Crippen LogP contribution in [-0.4, -0.2) is 34.9 Å². The van der Waals surface area contributed by atoms with E-state index in [1.165, 1.54) is 0 Å². The van der Waals surface area contributed by atoms with Crippen LogP contribution in [0.5, 0.6) is 0 Å². The summed E-state index contributed by atoms with van der Waals surface area (Å²) in [5.41, 5.74) is 0.628. The summed E-state index contributed by atoms with van der Waals surface area (Å²) >= 11 is 3.23. The molecule has 0 amide bonds. The molecule has 0 fully saturated rings. The molecule has 2 rings (SSSR count). The fraction of sp³-hybridized carbons (Fsp3) is 0.188. The molecule has 5 heteroatoms. The topological polar surface area (TPSA) is 34.1 Å². The molecule has 0 N–H and O–H groups in total. The molecule has 0 saturated carbocycles. The number of hydrogen-bond acceptors (Lipinski definition) is 2. The van der Waals surface area contributed by atoms with Gasteiger partial charge in [-0.15, -0.1) is 0 Å². The van der Waals surface area contributed by atoms with E-state index in [0.29, 0.717) is 11.3 Å². The maximum absolute atomic E-state index is 12.7. The van der Waals surface area contributed by atoms with Crippen LogP contribution in [0.3, 0.4) is 0 Å². The Hall–Kier alpha value is -0.741. The Labute approximate surface area is 142 Å². The van der Waals surface area contributed by atoms with Crippen molar-refractivity contribution >= 4 is 51.9 Å². The molecular formula is C16H15BrO2SSe. The summed E-state index contributed by atoms with van der Waals surface area (Å²) in [6.45, 7) is 1.86. The van der Waals surface area contributed by atoms with Crippen LogP contribution in [0.1, 0.15) is 17.3 Å². The van der Waals surface area contributed by atoms with Gasteiger partial charge in [0.1, 0.15) is 0 Å². The first-order valence-corrected chi connectivity index (χ1v) is 10.5. The molecule has 0 heterocycles. The number of ketones is 1. The Bertz CT molecular complexity index is 628. The van der Waals surface area contributed by atoms with Crippen molar-refractivity contribution in [2.45, 2.75) is 11.1 Å². The van der Waals surface area contributed by atoms with Crippen molar-refractivity contribution in [3.8, 4) is 0 Å². The Morgan fingerprint density at radius 1 is 1.14 bits per heavy atom. The van der Waals surface area contributed by atoms with Gasteiger partial charge in [-0.3, -0.25) is 0 Å². The van der Waals surface area contributed by atoms with Gasteiger partial charge in [-0.1, -0.05) is 0 Å². The molecule has 0 radical (unpaired) electrons. The molecule has 0 spiro atoms. The maximum atomic E-state index is 12.7. The van der Waals surface area contributed by atoms with Crippen LogP contribution >= 0.6 is 15.9 Å². The number of benzene rings is 2. The van der Waals surface area contributed by atoms with Crippen LogP contribution in [0.15, 0.2) is 59.1 Å². The van der Waals surface area contributed by atoms with Gasteiger partial charge in [0.25, 0.3) is 0 Å². The molecule has 0 aliphatic heterocycles. The van der Waals surface area contributed by atoms with E-state index in [0.717, 1.165) is 8.93 Å². The van der Waals surface area contributed by atoms with Crippen LogP contribution < -0.4 is 4.46 Å². The first-order chi connectivity index (χ1) is 10.1. The van der Waals surface area contributed by atoms with E-state index in [2.05, 4.69) is 15.9 Å². The third-order valence-corrected chi connectivity index (χ3v) is 8.53. The molecule has 0 bridgehead atoms. The van der Waals surface area contributed by atoms with Crippen LogP contribution in [0, 0.1) is 0 Å². The first-order valence-electron chi connectivity index (χ1n) is 6.50. The molecule has 2 atom stereocenters. The zero-order valence-corrected chi connectivity index (χ0v) is 15.6. The van der Waals surface area contributed by atoms with Crippen molar-refractivity contribution in [1.82, 2.24) is 0 Å². The van der Waals surface area contributed by atoms with E-state index in [-0.39, 0.29) is 20.7 Å². The quantitative estimate of drug-likeness (QED) is 0.522. The zero-order chi connectivity index (χ0) is 15.2. The molecule has 0 aliphatic carbocycles. The van der Waals surface area contributed by atoms with E-state index in [1.807, 2.05) is 49.4 Å². The molecule has 0 saturated heterocycles. The van der Waals surface area contributed by atoms with Gasteiger partial charge in [-0.2, -0.15) is 0 Å². The summed E-state index contributed by atoms with van der Waals surface area (Å²) in [4.78, 5) is 12.7. The number of carbonyl (C=O) groups excluding carboxylic acids is 1. The van der Waals surface area contributed by atoms with Gasteiger partial charge in [0.05, 0.1) is 0 Å². The third kappa shape index (κ3) is 4.61. The molecule has 0 unspecified atom stereocenters. The standard InChI is InChI=1S/C16H15BrO2SSe/c1-2-20(19)16(21-14-6-4-3-5-7-14)15(18)12-8-10-13(17)11-9-12/h3-11,16H,2H2,1H3/t16-,20+/m0/s1. The molecule has 0 aliphatic rings. The summed E-state index contributed by atoms with van der Waals surface area (Å²) in [6, 6.07) is 17.1. The van der Waals surface area contributed by atoms with Gasteiger partial charge in [0.2, 0.25) is 0 Å². The molecule has 2 nitrogen and oxygen atoms in total.